The molecule has 1 aliphatic rings. The lowest BCUT2D eigenvalue weighted by Gasteiger charge is -2.07. The molecule has 0 saturated heterocycles. The van der Waals surface area contributed by atoms with Crippen LogP contribution in [-0.2, 0) is 4.79 Å². The Morgan fingerprint density at radius 2 is 1.91 bits per heavy atom. The molecule has 0 bridgehead atoms. The van der Waals surface area contributed by atoms with Crippen molar-refractivity contribution in [2.24, 2.45) is 0 Å². The molecule has 0 saturated carbocycles. The molecule has 3 rings (SSSR count). The average molecular weight is 329 g/mol. The van der Waals surface area contributed by atoms with E-state index in [4.69, 9.17) is 9.47 Å². The van der Waals surface area contributed by atoms with Crippen molar-refractivity contribution in [1.82, 2.24) is 0 Å². The molecule has 1 heterocycles. The zero-order chi connectivity index (χ0) is 16.2. The smallest absolute Gasteiger partial charge is 0.231 e. The molecule has 120 valence electrons. The van der Waals surface area contributed by atoms with Gasteiger partial charge in [-0.2, -0.15) is 0 Å². The lowest BCUT2D eigenvalue weighted by molar-refractivity contribution is -0.115. The van der Waals surface area contributed by atoms with Crippen LogP contribution in [0.5, 0.6) is 11.5 Å². The van der Waals surface area contributed by atoms with Gasteiger partial charge in [-0.3, -0.25) is 4.79 Å². The lowest BCUT2D eigenvalue weighted by atomic mass is 10.1. The topological polar surface area (TPSA) is 47.6 Å². The molecule has 4 nitrogen and oxygen atoms in total. The van der Waals surface area contributed by atoms with Gasteiger partial charge in [-0.1, -0.05) is 6.07 Å². The molecular formula is C18H19NO3S. The number of carbonyl (C=O) groups is 1. The van der Waals surface area contributed by atoms with Gasteiger partial charge in [0, 0.05) is 28.8 Å². The number of anilines is 1. The Bertz CT molecular complexity index is 730. The summed E-state index contributed by atoms with van der Waals surface area (Å²) in [6, 6.07) is 11.8. The maximum Gasteiger partial charge on any atom is 0.231 e. The fourth-order valence-corrected chi connectivity index (χ4v) is 3.21. The van der Waals surface area contributed by atoms with Crippen LogP contribution in [0.2, 0.25) is 0 Å². The molecule has 0 fully saturated rings. The SMILES string of the molecule is Cc1ccc(SCCC(=O)Nc2ccc3c(c2)OCO3)cc1C. The zero-order valence-electron chi connectivity index (χ0n) is 13.2. The van der Waals surface area contributed by atoms with Crippen LogP contribution in [0.3, 0.4) is 0 Å². The number of thioether (sulfide) groups is 1. The quantitative estimate of drug-likeness (QED) is 0.837. The normalized spacial score (nSPS) is 12.3. The van der Waals surface area contributed by atoms with Crippen LogP contribution in [0.1, 0.15) is 17.5 Å². The first-order valence-corrected chi connectivity index (χ1v) is 8.50. The van der Waals surface area contributed by atoms with E-state index in [-0.39, 0.29) is 12.7 Å². The van der Waals surface area contributed by atoms with E-state index in [0.717, 1.165) is 11.4 Å². The van der Waals surface area contributed by atoms with E-state index in [9.17, 15) is 4.79 Å². The Morgan fingerprint density at radius 3 is 2.74 bits per heavy atom. The number of rotatable bonds is 5. The van der Waals surface area contributed by atoms with Gasteiger partial charge in [0.05, 0.1) is 0 Å². The van der Waals surface area contributed by atoms with E-state index >= 15 is 0 Å². The molecule has 0 radical (unpaired) electrons. The third kappa shape index (κ3) is 3.99. The molecule has 0 aliphatic carbocycles. The summed E-state index contributed by atoms with van der Waals surface area (Å²) in [5, 5.41) is 2.89. The van der Waals surface area contributed by atoms with Gasteiger partial charge in [-0.25, -0.2) is 0 Å². The van der Waals surface area contributed by atoms with Gasteiger partial charge in [-0.15, -0.1) is 11.8 Å². The Balaban J connectivity index is 1.49. The van der Waals surface area contributed by atoms with E-state index in [1.807, 2.05) is 12.1 Å². The Labute approximate surface area is 140 Å². The minimum Gasteiger partial charge on any atom is -0.454 e. The van der Waals surface area contributed by atoms with Crippen molar-refractivity contribution >= 4 is 23.4 Å². The molecule has 5 heteroatoms. The van der Waals surface area contributed by atoms with E-state index in [1.165, 1.54) is 16.0 Å². The van der Waals surface area contributed by atoms with Crippen molar-refractivity contribution < 1.29 is 14.3 Å². The van der Waals surface area contributed by atoms with E-state index < -0.39 is 0 Å². The van der Waals surface area contributed by atoms with Gasteiger partial charge in [0.1, 0.15) is 0 Å². The Kier molecular flexibility index (Phi) is 4.76. The molecule has 1 N–H and O–H groups in total. The third-order valence-electron chi connectivity index (χ3n) is 3.73. The van der Waals surface area contributed by atoms with Gasteiger partial charge in [-0.05, 0) is 49.2 Å². The van der Waals surface area contributed by atoms with Crippen LogP contribution >= 0.6 is 11.8 Å². The fraction of sp³-hybridized carbons (Fsp3) is 0.278. The second-order valence-electron chi connectivity index (χ2n) is 5.46. The molecule has 0 atom stereocenters. The zero-order valence-corrected chi connectivity index (χ0v) is 14.0. The van der Waals surface area contributed by atoms with E-state index in [0.29, 0.717) is 17.9 Å². The van der Waals surface area contributed by atoms with Gasteiger partial charge in [0.15, 0.2) is 11.5 Å². The van der Waals surface area contributed by atoms with Crippen molar-refractivity contribution in [3.63, 3.8) is 0 Å². The maximum absolute atomic E-state index is 12.0. The molecule has 0 spiro atoms. The molecule has 0 aromatic heterocycles. The minimum absolute atomic E-state index is 0.000184. The summed E-state index contributed by atoms with van der Waals surface area (Å²) in [5.74, 6) is 2.14. The first-order valence-electron chi connectivity index (χ1n) is 7.51. The van der Waals surface area contributed by atoms with Crippen molar-refractivity contribution in [2.75, 3.05) is 17.9 Å². The number of carbonyl (C=O) groups excluding carboxylic acids is 1. The number of ether oxygens (including phenoxy) is 2. The number of nitrogens with one attached hydrogen (secondary N) is 1. The van der Waals surface area contributed by atoms with Gasteiger partial charge in [0.25, 0.3) is 0 Å². The lowest BCUT2D eigenvalue weighted by Crippen LogP contribution is -2.12. The second-order valence-corrected chi connectivity index (χ2v) is 6.63. The summed E-state index contributed by atoms with van der Waals surface area (Å²) in [5.41, 5.74) is 3.30. The van der Waals surface area contributed by atoms with Crippen LogP contribution in [0.4, 0.5) is 5.69 Å². The molecule has 2 aromatic rings. The molecule has 1 aliphatic heterocycles. The summed E-state index contributed by atoms with van der Waals surface area (Å²) >= 11 is 1.70. The average Bonchev–Trinajstić information content (AvgIpc) is 2.98. The van der Waals surface area contributed by atoms with Crippen LogP contribution in [0.15, 0.2) is 41.3 Å². The summed E-state index contributed by atoms with van der Waals surface area (Å²) in [6.45, 7) is 4.44. The van der Waals surface area contributed by atoms with Crippen LogP contribution in [-0.4, -0.2) is 18.5 Å². The van der Waals surface area contributed by atoms with Gasteiger partial charge < -0.3 is 14.8 Å². The standard InChI is InChI=1S/C18H19NO3S/c1-12-3-5-15(9-13(12)2)23-8-7-18(20)19-14-4-6-16-17(10-14)22-11-21-16/h3-6,9-10H,7-8,11H2,1-2H3,(H,19,20). The van der Waals surface area contributed by atoms with Crippen molar-refractivity contribution in [2.45, 2.75) is 25.2 Å². The number of benzene rings is 2. The van der Waals surface area contributed by atoms with E-state index in [1.54, 1.807) is 17.8 Å². The number of fused-ring (bicyclic) bond motifs is 1. The molecular weight excluding hydrogens is 310 g/mol. The van der Waals surface area contributed by atoms with Crippen molar-refractivity contribution in [3.8, 4) is 11.5 Å². The van der Waals surface area contributed by atoms with Gasteiger partial charge >= 0.3 is 0 Å². The van der Waals surface area contributed by atoms with Gasteiger partial charge in [0.2, 0.25) is 12.7 Å². The predicted octanol–water partition coefficient (Wildman–Crippen LogP) is 4.15. The second kappa shape index (κ2) is 6.96. The number of aryl methyl sites for hydroxylation is 2. The first-order chi connectivity index (χ1) is 11.1. The summed E-state index contributed by atoms with van der Waals surface area (Å²) in [6.07, 6.45) is 0.464. The number of hydrogen-bond acceptors (Lipinski definition) is 4. The van der Waals surface area contributed by atoms with Crippen molar-refractivity contribution in [3.05, 3.63) is 47.5 Å². The highest BCUT2D eigenvalue weighted by Gasteiger charge is 2.14. The van der Waals surface area contributed by atoms with Crippen LogP contribution in [0, 0.1) is 13.8 Å². The first kappa shape index (κ1) is 15.7. The Hall–Kier alpha value is -2.14. The molecule has 23 heavy (non-hydrogen) atoms. The highest BCUT2D eigenvalue weighted by atomic mass is 32.2. The monoisotopic (exact) mass is 329 g/mol. The highest BCUT2D eigenvalue weighted by molar-refractivity contribution is 7.99. The summed E-state index contributed by atoms with van der Waals surface area (Å²) < 4.78 is 10.6. The van der Waals surface area contributed by atoms with Crippen LogP contribution < -0.4 is 14.8 Å². The van der Waals surface area contributed by atoms with E-state index in [2.05, 4.69) is 37.4 Å². The number of amides is 1. The summed E-state index contributed by atoms with van der Waals surface area (Å²) in [4.78, 5) is 13.2. The summed E-state index contributed by atoms with van der Waals surface area (Å²) in [7, 11) is 0. The fourth-order valence-electron chi connectivity index (χ4n) is 2.26. The number of hydrogen-bond donors (Lipinski definition) is 1. The van der Waals surface area contributed by atoms with Crippen LogP contribution in [0.25, 0.3) is 0 Å². The maximum atomic E-state index is 12.0. The largest absolute Gasteiger partial charge is 0.454 e. The molecule has 1 amide bonds. The Morgan fingerprint density at radius 1 is 1.09 bits per heavy atom. The third-order valence-corrected chi connectivity index (χ3v) is 4.73. The molecule has 0 unspecified atom stereocenters. The molecule has 2 aromatic carbocycles. The minimum atomic E-state index is 0.000184. The predicted molar refractivity (Wildman–Crippen MR) is 92.5 cm³/mol. The highest BCUT2D eigenvalue weighted by Crippen LogP contribution is 2.34. The van der Waals surface area contributed by atoms with Crippen molar-refractivity contribution in [1.29, 1.82) is 0 Å².